The zero-order chi connectivity index (χ0) is 33.2. The zero-order valence-corrected chi connectivity index (χ0v) is 36.3. The topological polar surface area (TPSA) is 9.72 Å². The minimum Gasteiger partial charge on any atom is -1.00 e. The molecule has 0 heterocycles. The molecule has 1 aliphatic carbocycles. The van der Waals surface area contributed by atoms with E-state index in [4.69, 9.17) is 0 Å². The quantitative estimate of drug-likeness (QED) is 0.208. The van der Waals surface area contributed by atoms with Crippen molar-refractivity contribution in [3.05, 3.63) is 90.4 Å². The summed E-state index contributed by atoms with van der Waals surface area (Å²) in [6.45, 7) is 23.9. The van der Waals surface area contributed by atoms with Gasteiger partial charge in [0.25, 0.3) is 0 Å². The molecule has 1 aliphatic rings. The number of hydrogen-bond acceptors (Lipinski definition) is 3. The second-order valence-corrected chi connectivity index (χ2v) is 18.9. The van der Waals surface area contributed by atoms with Crippen molar-refractivity contribution < 1.29 is 57.7 Å². The Morgan fingerprint density at radius 1 is 0.468 bits per heavy atom. The van der Waals surface area contributed by atoms with Crippen LogP contribution in [0.5, 0.6) is 0 Å². The van der Waals surface area contributed by atoms with Gasteiger partial charge >= 0.3 is 283 Å². The van der Waals surface area contributed by atoms with E-state index >= 15 is 0 Å². The number of nitrogens with zero attached hydrogens (tertiary/aromatic N) is 3. The first-order chi connectivity index (χ1) is 20.4. The molecule has 0 radical (unpaired) electrons. The van der Waals surface area contributed by atoms with Crippen LogP contribution in [-0.4, -0.2) is 50.4 Å². The Labute approximate surface area is 317 Å². The van der Waals surface area contributed by atoms with Crippen molar-refractivity contribution in [2.45, 2.75) is 74.3 Å². The summed E-state index contributed by atoms with van der Waals surface area (Å²) in [4.78, 5) is 6.79. The summed E-state index contributed by atoms with van der Waals surface area (Å²) in [5.41, 5.74) is 16.7. The van der Waals surface area contributed by atoms with E-state index in [1.807, 2.05) is 0 Å². The van der Waals surface area contributed by atoms with Crippen molar-refractivity contribution in [3.63, 3.8) is 0 Å². The Balaban J connectivity index is 0.00000368. The summed E-state index contributed by atoms with van der Waals surface area (Å²) < 4.78 is 1.52. The molecular formula is C39H54Cl3N3SiTi. The molecule has 1 unspecified atom stereocenters. The maximum Gasteiger partial charge on any atom is -1.00 e. The summed E-state index contributed by atoms with van der Waals surface area (Å²) in [5, 5.41) is 4.43. The van der Waals surface area contributed by atoms with Crippen LogP contribution in [0.2, 0.25) is 5.04 Å². The smallest absolute Gasteiger partial charge is 1.00 e. The molecule has 3 nitrogen and oxygen atoms in total. The van der Waals surface area contributed by atoms with E-state index in [1.165, 1.54) is 86.6 Å². The number of halogens is 3. The van der Waals surface area contributed by atoms with Crippen molar-refractivity contribution in [2.75, 3.05) is 57.0 Å². The number of benzene rings is 3. The van der Waals surface area contributed by atoms with Crippen molar-refractivity contribution >= 4 is 40.7 Å². The molecule has 0 saturated carbocycles. The van der Waals surface area contributed by atoms with Gasteiger partial charge in [0.15, 0.2) is 0 Å². The second-order valence-electron chi connectivity index (χ2n) is 14.0. The Morgan fingerprint density at radius 3 is 0.957 bits per heavy atom. The number of anilines is 3. The predicted octanol–water partition coefficient (Wildman–Crippen LogP) is -1.85. The molecule has 254 valence electrons. The maximum absolute atomic E-state index is 2.90. The van der Waals surface area contributed by atoms with Crippen molar-refractivity contribution in [1.82, 2.24) is 0 Å². The van der Waals surface area contributed by atoms with E-state index in [2.05, 4.69) is 183 Å². The number of rotatable bonds is 7. The first kappa shape index (κ1) is 43.4. The molecular weight excluding hydrogens is 693 g/mol. The fraction of sp³-hybridized carbons (Fsp3) is 0.436. The molecule has 0 bridgehead atoms. The van der Waals surface area contributed by atoms with Gasteiger partial charge in [-0.3, -0.25) is 0 Å². The molecule has 0 spiro atoms. The normalized spacial score (nSPS) is 16.0. The van der Waals surface area contributed by atoms with Crippen LogP contribution in [0.4, 0.5) is 17.1 Å². The first-order valence-electron chi connectivity index (χ1n) is 15.8. The van der Waals surface area contributed by atoms with Crippen molar-refractivity contribution in [1.29, 1.82) is 0 Å². The van der Waals surface area contributed by atoms with Gasteiger partial charge in [-0.2, -0.15) is 0 Å². The SMILES string of the molecule is CC1=C(C)C(C)([Si](c2ccc(N(C)C)c(C)c2C)(c2ccc(N(C)C)c(C)c2C)c2ccc(N(C)C)c(C)c2C)[C]([Ti+3])=C1C.[Cl-].[Cl-].[Cl-]. The summed E-state index contributed by atoms with van der Waals surface area (Å²) in [7, 11) is 10.1. The number of allylic oxidation sites excluding steroid dienone is 4. The summed E-state index contributed by atoms with van der Waals surface area (Å²) in [6, 6.07) is 14.7. The van der Waals surface area contributed by atoms with E-state index < -0.39 is 8.07 Å². The van der Waals surface area contributed by atoms with Crippen LogP contribution in [0.1, 0.15) is 61.1 Å². The first-order valence-corrected chi connectivity index (χ1v) is 18.6. The van der Waals surface area contributed by atoms with E-state index in [-0.39, 0.29) is 42.3 Å². The zero-order valence-electron chi connectivity index (χ0n) is 31.4. The fourth-order valence-electron chi connectivity index (χ4n) is 8.21. The van der Waals surface area contributed by atoms with Crippen LogP contribution in [0.15, 0.2) is 57.0 Å². The molecule has 0 N–H and O–H groups in total. The van der Waals surface area contributed by atoms with Gasteiger partial charge in [0.05, 0.1) is 0 Å². The van der Waals surface area contributed by atoms with Gasteiger partial charge < -0.3 is 37.2 Å². The molecule has 8 heteroatoms. The average Bonchev–Trinajstić information content (AvgIpc) is 3.10. The minimum atomic E-state index is -2.90. The third-order valence-corrected chi connectivity index (χ3v) is 19.4. The van der Waals surface area contributed by atoms with Crippen LogP contribution in [0, 0.1) is 41.5 Å². The Kier molecular flexibility index (Phi) is 14.3. The fourth-order valence-corrected chi connectivity index (χ4v) is 16.7. The molecule has 0 saturated heterocycles. The monoisotopic (exact) mass is 745 g/mol. The van der Waals surface area contributed by atoms with E-state index in [0.29, 0.717) is 0 Å². The van der Waals surface area contributed by atoms with Crippen LogP contribution >= 0.6 is 0 Å². The summed E-state index contributed by atoms with van der Waals surface area (Å²) in [6.07, 6.45) is 0. The third-order valence-electron chi connectivity index (χ3n) is 11.4. The molecule has 0 fully saturated rings. The minimum absolute atomic E-state index is 0. The third kappa shape index (κ3) is 6.30. The van der Waals surface area contributed by atoms with Gasteiger partial charge in [-0.15, -0.1) is 0 Å². The van der Waals surface area contributed by atoms with E-state index in [9.17, 15) is 0 Å². The van der Waals surface area contributed by atoms with Crippen LogP contribution in [0.3, 0.4) is 0 Å². The average molecular weight is 747 g/mol. The predicted molar refractivity (Wildman–Crippen MR) is 195 cm³/mol. The Morgan fingerprint density at radius 2 is 0.745 bits per heavy atom. The van der Waals surface area contributed by atoms with E-state index in [1.54, 1.807) is 0 Å². The van der Waals surface area contributed by atoms with Gasteiger partial charge in [0, 0.05) is 0 Å². The van der Waals surface area contributed by atoms with Crippen LogP contribution in [0.25, 0.3) is 0 Å². The molecule has 0 aliphatic heterocycles. The molecule has 3 aromatic rings. The van der Waals surface area contributed by atoms with Crippen LogP contribution in [-0.2, 0) is 20.4 Å². The molecule has 0 amide bonds. The standard InChI is InChI=1S/C39H54N3Si.3ClH.Ti/c1-24-23-39(10,32(9)25(24)2)43(36-20-17-33(40(11)12)26(3)29(36)6,37-21-18-34(41(13)14)27(4)30(37)7)38-22-19-35(42(15)16)28(5)31(38)8;;;;/h17-22H,1-16H3;3*1H;/q;;;;+3/p-3. The van der Waals surface area contributed by atoms with Gasteiger partial charge in [0.1, 0.15) is 0 Å². The molecule has 1 atom stereocenters. The molecule has 0 aromatic heterocycles. The molecule has 4 rings (SSSR count). The van der Waals surface area contributed by atoms with Gasteiger partial charge in [-0.1, -0.05) is 0 Å². The summed E-state index contributed by atoms with van der Waals surface area (Å²) in [5.74, 6) is 0. The molecule has 3 aromatic carbocycles. The van der Waals surface area contributed by atoms with Crippen molar-refractivity contribution in [3.8, 4) is 0 Å². The van der Waals surface area contributed by atoms with E-state index in [0.717, 1.165) is 0 Å². The maximum atomic E-state index is 2.60. The largest absolute Gasteiger partial charge is 1.00 e. The Bertz CT molecular complexity index is 1550. The Hall–Kier alpha value is -1.66. The van der Waals surface area contributed by atoms with Gasteiger partial charge in [0.2, 0.25) is 0 Å². The second kappa shape index (κ2) is 15.5. The summed E-state index contributed by atoms with van der Waals surface area (Å²) >= 11 is 2.43. The van der Waals surface area contributed by atoms with Crippen molar-refractivity contribution in [2.24, 2.45) is 0 Å². The van der Waals surface area contributed by atoms with Gasteiger partial charge in [-0.05, 0) is 0 Å². The van der Waals surface area contributed by atoms with Gasteiger partial charge in [-0.25, -0.2) is 0 Å². The number of hydrogen-bond donors (Lipinski definition) is 0. The molecule has 47 heavy (non-hydrogen) atoms. The van der Waals surface area contributed by atoms with Crippen LogP contribution < -0.4 is 67.5 Å².